The second-order valence-corrected chi connectivity index (χ2v) is 5.51. The van der Waals surface area contributed by atoms with Gasteiger partial charge in [0.25, 0.3) is 0 Å². The molecule has 0 saturated heterocycles. The number of aromatic nitrogens is 2. The van der Waals surface area contributed by atoms with Crippen LogP contribution in [0, 0.1) is 11.3 Å². The third-order valence-electron chi connectivity index (χ3n) is 4.13. The second-order valence-electron chi connectivity index (χ2n) is 5.51. The third kappa shape index (κ3) is 2.33. The molecule has 23 heavy (non-hydrogen) atoms. The zero-order valence-electron chi connectivity index (χ0n) is 12.5. The molecule has 0 atom stereocenters. The van der Waals surface area contributed by atoms with Crippen molar-refractivity contribution < 1.29 is 0 Å². The lowest BCUT2D eigenvalue weighted by Crippen LogP contribution is -2.23. The second kappa shape index (κ2) is 5.54. The van der Waals surface area contributed by atoms with E-state index in [1.54, 1.807) is 12.4 Å². The van der Waals surface area contributed by atoms with Crippen LogP contribution in [0.1, 0.15) is 16.8 Å². The van der Waals surface area contributed by atoms with Gasteiger partial charge in [0.15, 0.2) is 11.5 Å². The highest BCUT2D eigenvalue weighted by molar-refractivity contribution is 5.73. The Morgan fingerprint density at radius 3 is 2.00 bits per heavy atom. The standard InChI is InChI=1S/C19H14N4/c20-11-18-19(22-10-9-21-18)23-12-14-5-1-3-7-16(14)17-8-4-2-6-15(17)13-23/h1-10H,12-13H2. The summed E-state index contributed by atoms with van der Waals surface area (Å²) in [5.74, 6) is 0.640. The van der Waals surface area contributed by atoms with Gasteiger partial charge < -0.3 is 4.90 Å². The Balaban J connectivity index is 1.89. The van der Waals surface area contributed by atoms with Crippen molar-refractivity contribution in [3.05, 3.63) is 77.7 Å². The predicted octanol–water partition coefficient (Wildman–Crippen LogP) is 3.54. The highest BCUT2D eigenvalue weighted by Gasteiger charge is 2.21. The molecule has 2 heterocycles. The minimum absolute atomic E-state index is 0.365. The molecule has 1 aliphatic rings. The van der Waals surface area contributed by atoms with E-state index in [1.165, 1.54) is 22.3 Å². The highest BCUT2D eigenvalue weighted by Crippen LogP contribution is 2.34. The lowest BCUT2D eigenvalue weighted by molar-refractivity contribution is 0.787. The van der Waals surface area contributed by atoms with Crippen LogP contribution in [0.3, 0.4) is 0 Å². The number of hydrogen-bond donors (Lipinski definition) is 0. The molecule has 0 aliphatic carbocycles. The number of rotatable bonds is 1. The zero-order valence-corrected chi connectivity index (χ0v) is 12.5. The van der Waals surface area contributed by atoms with Crippen molar-refractivity contribution in [3.8, 4) is 17.2 Å². The van der Waals surface area contributed by atoms with E-state index in [2.05, 4.69) is 57.3 Å². The maximum Gasteiger partial charge on any atom is 0.183 e. The molecule has 0 radical (unpaired) electrons. The first-order valence-electron chi connectivity index (χ1n) is 7.49. The average molecular weight is 298 g/mol. The monoisotopic (exact) mass is 298 g/mol. The van der Waals surface area contributed by atoms with E-state index >= 15 is 0 Å². The van der Waals surface area contributed by atoms with Crippen LogP contribution in [0.5, 0.6) is 0 Å². The summed E-state index contributed by atoms with van der Waals surface area (Å²) in [5.41, 5.74) is 5.31. The molecule has 0 N–H and O–H groups in total. The molecule has 3 aromatic rings. The fraction of sp³-hybridized carbons (Fsp3) is 0.105. The first-order valence-corrected chi connectivity index (χ1v) is 7.49. The van der Waals surface area contributed by atoms with Gasteiger partial charge in [-0.2, -0.15) is 5.26 Å². The normalized spacial score (nSPS) is 12.7. The van der Waals surface area contributed by atoms with Crippen molar-refractivity contribution in [1.29, 1.82) is 5.26 Å². The predicted molar refractivity (Wildman–Crippen MR) is 88.5 cm³/mol. The minimum Gasteiger partial charge on any atom is -0.346 e. The molecule has 2 aromatic carbocycles. The summed E-state index contributed by atoms with van der Waals surface area (Å²) in [4.78, 5) is 10.7. The van der Waals surface area contributed by atoms with Crippen LogP contribution < -0.4 is 4.90 Å². The van der Waals surface area contributed by atoms with Gasteiger partial charge in [0.1, 0.15) is 6.07 Å². The summed E-state index contributed by atoms with van der Waals surface area (Å²) in [7, 11) is 0. The number of nitrogens with zero attached hydrogens (tertiary/aromatic N) is 4. The van der Waals surface area contributed by atoms with Crippen molar-refractivity contribution in [3.63, 3.8) is 0 Å². The van der Waals surface area contributed by atoms with E-state index in [-0.39, 0.29) is 0 Å². The van der Waals surface area contributed by atoms with E-state index in [4.69, 9.17) is 0 Å². The molecule has 110 valence electrons. The SMILES string of the molecule is N#Cc1nccnc1N1Cc2ccccc2-c2ccccc2C1. The van der Waals surface area contributed by atoms with Crippen LogP contribution in [-0.2, 0) is 13.1 Å². The molecular formula is C19H14N4. The molecule has 0 saturated carbocycles. The van der Waals surface area contributed by atoms with Crippen LogP contribution >= 0.6 is 0 Å². The van der Waals surface area contributed by atoms with E-state index in [1.807, 2.05) is 12.1 Å². The van der Waals surface area contributed by atoms with E-state index in [0.717, 1.165) is 0 Å². The van der Waals surface area contributed by atoms with Gasteiger partial charge in [-0.3, -0.25) is 0 Å². The van der Waals surface area contributed by atoms with Gasteiger partial charge in [0.05, 0.1) is 0 Å². The van der Waals surface area contributed by atoms with Gasteiger partial charge in [0.2, 0.25) is 0 Å². The molecule has 0 amide bonds. The van der Waals surface area contributed by atoms with E-state index in [0.29, 0.717) is 24.6 Å². The Bertz CT molecular complexity index is 863. The van der Waals surface area contributed by atoms with Crippen LogP contribution in [-0.4, -0.2) is 9.97 Å². The first kappa shape index (κ1) is 13.5. The van der Waals surface area contributed by atoms with Crippen LogP contribution in [0.4, 0.5) is 5.82 Å². The zero-order chi connectivity index (χ0) is 15.6. The Labute approximate surface area is 134 Å². The van der Waals surface area contributed by atoms with Crippen LogP contribution in [0.15, 0.2) is 60.9 Å². The minimum atomic E-state index is 0.365. The fourth-order valence-corrected chi connectivity index (χ4v) is 3.10. The smallest absolute Gasteiger partial charge is 0.183 e. The van der Waals surface area contributed by atoms with Gasteiger partial charge in [-0.25, -0.2) is 9.97 Å². The van der Waals surface area contributed by atoms with Crippen molar-refractivity contribution in [2.24, 2.45) is 0 Å². The largest absolute Gasteiger partial charge is 0.346 e. The summed E-state index contributed by atoms with van der Waals surface area (Å²) < 4.78 is 0. The molecular weight excluding hydrogens is 284 g/mol. The molecule has 1 aromatic heterocycles. The number of benzene rings is 2. The maximum atomic E-state index is 9.33. The number of nitriles is 1. The van der Waals surface area contributed by atoms with Crippen molar-refractivity contribution >= 4 is 5.82 Å². The summed E-state index contributed by atoms with van der Waals surface area (Å²) in [6.45, 7) is 1.41. The summed E-state index contributed by atoms with van der Waals surface area (Å²) in [5, 5.41) is 9.33. The topological polar surface area (TPSA) is 52.8 Å². The molecule has 4 heteroatoms. The molecule has 4 rings (SSSR count). The Kier molecular flexibility index (Phi) is 3.25. The van der Waals surface area contributed by atoms with Crippen molar-refractivity contribution in [1.82, 2.24) is 9.97 Å². The van der Waals surface area contributed by atoms with Gasteiger partial charge in [-0.1, -0.05) is 48.5 Å². The fourth-order valence-electron chi connectivity index (χ4n) is 3.10. The Morgan fingerprint density at radius 1 is 0.826 bits per heavy atom. The van der Waals surface area contributed by atoms with Crippen molar-refractivity contribution in [2.45, 2.75) is 13.1 Å². The first-order chi connectivity index (χ1) is 11.4. The molecule has 0 bridgehead atoms. The van der Waals surface area contributed by atoms with Gasteiger partial charge >= 0.3 is 0 Å². The lowest BCUT2D eigenvalue weighted by Gasteiger charge is -2.22. The van der Waals surface area contributed by atoms with Gasteiger partial charge in [-0.15, -0.1) is 0 Å². The summed E-state index contributed by atoms with van der Waals surface area (Å²) >= 11 is 0. The summed E-state index contributed by atoms with van der Waals surface area (Å²) in [6, 6.07) is 18.9. The molecule has 0 spiro atoms. The molecule has 0 fully saturated rings. The maximum absolute atomic E-state index is 9.33. The van der Waals surface area contributed by atoms with Gasteiger partial charge in [0, 0.05) is 25.5 Å². The average Bonchev–Trinajstić information content (AvgIpc) is 2.78. The lowest BCUT2D eigenvalue weighted by atomic mass is 9.97. The Hall–Kier alpha value is -3.19. The molecule has 4 nitrogen and oxygen atoms in total. The van der Waals surface area contributed by atoms with Crippen LogP contribution in [0.2, 0.25) is 0 Å². The molecule has 1 aliphatic heterocycles. The van der Waals surface area contributed by atoms with E-state index < -0.39 is 0 Å². The molecule has 0 unspecified atom stereocenters. The third-order valence-corrected chi connectivity index (χ3v) is 4.13. The van der Waals surface area contributed by atoms with Gasteiger partial charge in [-0.05, 0) is 22.3 Å². The summed E-state index contributed by atoms with van der Waals surface area (Å²) in [6.07, 6.45) is 3.20. The van der Waals surface area contributed by atoms with Crippen molar-refractivity contribution in [2.75, 3.05) is 4.90 Å². The quantitative estimate of drug-likeness (QED) is 0.689. The van der Waals surface area contributed by atoms with Crippen LogP contribution in [0.25, 0.3) is 11.1 Å². The Morgan fingerprint density at radius 2 is 1.39 bits per heavy atom. The highest BCUT2D eigenvalue weighted by atomic mass is 15.2. The number of fused-ring (bicyclic) bond motifs is 3. The van der Waals surface area contributed by atoms with E-state index in [9.17, 15) is 5.26 Å². The number of anilines is 1. The number of hydrogen-bond acceptors (Lipinski definition) is 4.